The van der Waals surface area contributed by atoms with Crippen molar-refractivity contribution in [2.75, 3.05) is 0 Å². The predicted octanol–water partition coefficient (Wildman–Crippen LogP) is 2.76. The maximum absolute atomic E-state index is 12.1. The Hall–Kier alpha value is -1.42. The van der Waals surface area contributed by atoms with E-state index in [1.807, 2.05) is 24.3 Å². The summed E-state index contributed by atoms with van der Waals surface area (Å²) in [6.45, 7) is 2.83. The van der Waals surface area contributed by atoms with Crippen LogP contribution in [0.5, 0.6) is 0 Å². The van der Waals surface area contributed by atoms with Gasteiger partial charge in [-0.25, -0.2) is 0 Å². The van der Waals surface area contributed by atoms with Gasteiger partial charge in [0.1, 0.15) is 4.99 Å². The van der Waals surface area contributed by atoms with E-state index in [4.69, 9.17) is 18.0 Å². The lowest BCUT2D eigenvalue weighted by molar-refractivity contribution is -0.126. The van der Waals surface area contributed by atoms with Crippen LogP contribution < -0.4 is 11.1 Å². The van der Waals surface area contributed by atoms with E-state index in [1.165, 1.54) is 12.8 Å². The normalized spacial score (nSPS) is 22.2. The molecule has 1 aromatic carbocycles. The first-order chi connectivity index (χ1) is 9.56. The molecule has 3 N–H and O–H groups in total. The van der Waals surface area contributed by atoms with Crippen molar-refractivity contribution in [1.82, 2.24) is 5.32 Å². The van der Waals surface area contributed by atoms with Crippen LogP contribution in [0.4, 0.5) is 0 Å². The average molecular weight is 290 g/mol. The lowest BCUT2D eigenvalue weighted by atomic mass is 9.82. The zero-order valence-electron chi connectivity index (χ0n) is 11.9. The van der Waals surface area contributed by atoms with Crippen molar-refractivity contribution >= 4 is 23.1 Å². The van der Waals surface area contributed by atoms with Gasteiger partial charge in [0, 0.05) is 18.0 Å². The van der Waals surface area contributed by atoms with Crippen LogP contribution in [0.25, 0.3) is 0 Å². The third-order valence-corrected chi connectivity index (χ3v) is 4.33. The number of nitrogens with one attached hydrogen (secondary N) is 1. The van der Waals surface area contributed by atoms with Gasteiger partial charge < -0.3 is 11.1 Å². The molecule has 20 heavy (non-hydrogen) atoms. The molecule has 108 valence electrons. The molecule has 1 aliphatic rings. The summed E-state index contributed by atoms with van der Waals surface area (Å²) in [4.78, 5) is 12.5. The summed E-state index contributed by atoms with van der Waals surface area (Å²) in [6, 6.07) is 7.70. The Balaban J connectivity index is 1.82. The van der Waals surface area contributed by atoms with Gasteiger partial charge in [0.2, 0.25) is 5.91 Å². The van der Waals surface area contributed by atoms with Gasteiger partial charge in [-0.2, -0.15) is 0 Å². The van der Waals surface area contributed by atoms with E-state index in [1.54, 1.807) is 0 Å². The number of hydrogen-bond acceptors (Lipinski definition) is 2. The second-order valence-electron chi connectivity index (χ2n) is 5.74. The highest BCUT2D eigenvalue weighted by Crippen LogP contribution is 2.28. The number of thiocarbonyl (C=S) groups is 1. The number of nitrogens with two attached hydrogens (primary N) is 1. The van der Waals surface area contributed by atoms with Crippen LogP contribution in [0, 0.1) is 11.8 Å². The van der Waals surface area contributed by atoms with E-state index in [9.17, 15) is 4.79 Å². The Kier molecular flexibility index (Phi) is 5.12. The number of carbonyl (C=O) groups is 1. The van der Waals surface area contributed by atoms with Crippen molar-refractivity contribution in [2.45, 2.75) is 39.2 Å². The fourth-order valence-corrected chi connectivity index (χ4v) is 2.78. The Morgan fingerprint density at radius 3 is 2.40 bits per heavy atom. The van der Waals surface area contributed by atoms with Crippen molar-refractivity contribution in [3.05, 3.63) is 35.4 Å². The molecule has 1 saturated carbocycles. The van der Waals surface area contributed by atoms with Crippen LogP contribution in [-0.4, -0.2) is 10.9 Å². The van der Waals surface area contributed by atoms with Crippen LogP contribution in [0.2, 0.25) is 0 Å². The summed E-state index contributed by atoms with van der Waals surface area (Å²) in [5, 5.41) is 3.03. The van der Waals surface area contributed by atoms with Gasteiger partial charge in [0.25, 0.3) is 0 Å². The molecule has 2 rings (SSSR count). The van der Waals surface area contributed by atoms with E-state index in [2.05, 4.69) is 12.2 Å². The fourth-order valence-electron chi connectivity index (χ4n) is 2.64. The number of amides is 1. The summed E-state index contributed by atoms with van der Waals surface area (Å²) in [5.41, 5.74) is 7.49. The third kappa shape index (κ3) is 4.04. The monoisotopic (exact) mass is 290 g/mol. The maximum Gasteiger partial charge on any atom is 0.223 e. The minimum absolute atomic E-state index is 0.190. The summed E-state index contributed by atoms with van der Waals surface area (Å²) in [5.74, 6) is 1.16. The highest BCUT2D eigenvalue weighted by atomic mass is 32.1. The maximum atomic E-state index is 12.1. The molecule has 1 aromatic rings. The largest absolute Gasteiger partial charge is 0.389 e. The number of hydrogen-bond donors (Lipinski definition) is 2. The van der Waals surface area contributed by atoms with E-state index in [0.717, 1.165) is 29.9 Å². The summed E-state index contributed by atoms with van der Waals surface area (Å²) in [7, 11) is 0. The van der Waals surface area contributed by atoms with Gasteiger partial charge in [-0.15, -0.1) is 0 Å². The van der Waals surface area contributed by atoms with E-state index in [-0.39, 0.29) is 11.8 Å². The minimum Gasteiger partial charge on any atom is -0.389 e. The fraction of sp³-hybridized carbons (Fsp3) is 0.500. The molecule has 1 amide bonds. The van der Waals surface area contributed by atoms with Crippen molar-refractivity contribution in [2.24, 2.45) is 17.6 Å². The quantitative estimate of drug-likeness (QED) is 0.838. The molecule has 0 radical (unpaired) electrons. The molecule has 0 aromatic heterocycles. The van der Waals surface area contributed by atoms with Crippen LogP contribution in [0.3, 0.4) is 0 Å². The predicted molar refractivity (Wildman–Crippen MR) is 85.3 cm³/mol. The van der Waals surface area contributed by atoms with Gasteiger partial charge in [-0.05, 0) is 37.2 Å². The topological polar surface area (TPSA) is 55.1 Å². The minimum atomic E-state index is 0.190. The first-order valence-corrected chi connectivity index (χ1v) is 7.63. The molecule has 3 nitrogen and oxygen atoms in total. The molecule has 0 saturated heterocycles. The molecule has 1 fully saturated rings. The molecule has 0 unspecified atom stereocenters. The Labute approximate surface area is 125 Å². The summed E-state index contributed by atoms with van der Waals surface area (Å²) in [6.07, 6.45) is 4.38. The van der Waals surface area contributed by atoms with Crippen molar-refractivity contribution in [1.29, 1.82) is 0 Å². The number of benzene rings is 1. The Morgan fingerprint density at radius 2 is 1.85 bits per heavy atom. The van der Waals surface area contributed by atoms with Crippen molar-refractivity contribution in [3.8, 4) is 0 Å². The SMILES string of the molecule is CC1CCC(C(=O)NCc2ccc(C(N)=S)cc2)CC1. The van der Waals surface area contributed by atoms with Gasteiger partial charge in [-0.1, -0.05) is 43.4 Å². The average Bonchev–Trinajstić information content (AvgIpc) is 2.46. The standard InChI is InChI=1S/C16H22N2OS/c1-11-2-6-14(7-3-11)16(19)18-10-12-4-8-13(9-5-12)15(17)20/h4-5,8-9,11,14H,2-3,6-7,10H2,1H3,(H2,17,20)(H,18,19). The van der Waals surface area contributed by atoms with Crippen molar-refractivity contribution < 1.29 is 4.79 Å². The van der Waals surface area contributed by atoms with E-state index in [0.29, 0.717) is 11.5 Å². The molecule has 0 aliphatic heterocycles. The Morgan fingerprint density at radius 1 is 1.25 bits per heavy atom. The first-order valence-electron chi connectivity index (χ1n) is 7.22. The number of rotatable bonds is 4. The summed E-state index contributed by atoms with van der Waals surface area (Å²) < 4.78 is 0. The molecule has 1 aliphatic carbocycles. The Bertz CT molecular complexity index is 476. The van der Waals surface area contributed by atoms with E-state index < -0.39 is 0 Å². The third-order valence-electron chi connectivity index (χ3n) is 4.09. The second-order valence-corrected chi connectivity index (χ2v) is 6.18. The van der Waals surface area contributed by atoms with Gasteiger partial charge in [0.15, 0.2) is 0 Å². The van der Waals surface area contributed by atoms with Crippen LogP contribution in [-0.2, 0) is 11.3 Å². The molecule has 0 spiro atoms. The van der Waals surface area contributed by atoms with Gasteiger partial charge in [-0.3, -0.25) is 4.79 Å². The lowest BCUT2D eigenvalue weighted by Gasteiger charge is -2.25. The highest BCUT2D eigenvalue weighted by molar-refractivity contribution is 7.80. The molecular weight excluding hydrogens is 268 g/mol. The molecule has 0 heterocycles. The molecular formula is C16H22N2OS. The van der Waals surface area contributed by atoms with Crippen LogP contribution in [0.15, 0.2) is 24.3 Å². The number of carbonyl (C=O) groups excluding carboxylic acids is 1. The highest BCUT2D eigenvalue weighted by Gasteiger charge is 2.23. The van der Waals surface area contributed by atoms with Gasteiger partial charge in [0.05, 0.1) is 0 Å². The first kappa shape index (κ1) is 15.0. The molecule has 0 bridgehead atoms. The van der Waals surface area contributed by atoms with Crippen LogP contribution >= 0.6 is 12.2 Å². The van der Waals surface area contributed by atoms with E-state index >= 15 is 0 Å². The smallest absolute Gasteiger partial charge is 0.223 e. The lowest BCUT2D eigenvalue weighted by Crippen LogP contribution is -2.32. The molecule has 0 atom stereocenters. The molecule has 4 heteroatoms. The van der Waals surface area contributed by atoms with Crippen LogP contribution in [0.1, 0.15) is 43.7 Å². The zero-order chi connectivity index (χ0) is 14.5. The van der Waals surface area contributed by atoms with Crippen molar-refractivity contribution in [3.63, 3.8) is 0 Å². The second kappa shape index (κ2) is 6.84. The van der Waals surface area contributed by atoms with Gasteiger partial charge >= 0.3 is 0 Å². The summed E-state index contributed by atoms with van der Waals surface area (Å²) >= 11 is 4.91. The zero-order valence-corrected chi connectivity index (χ0v) is 12.7.